The second-order valence-corrected chi connectivity index (χ2v) is 14.8. The molecule has 1 saturated heterocycles. The van der Waals surface area contributed by atoms with Crippen molar-refractivity contribution in [1.29, 1.82) is 0 Å². The molecular formula is C37H51N7O2. The molecule has 46 heavy (non-hydrogen) atoms. The van der Waals surface area contributed by atoms with Gasteiger partial charge in [-0.25, -0.2) is 0 Å². The maximum atomic E-state index is 14.2. The van der Waals surface area contributed by atoms with Crippen LogP contribution in [0.25, 0.3) is 11.1 Å². The zero-order valence-corrected chi connectivity index (χ0v) is 28.3. The first kappa shape index (κ1) is 32.3. The summed E-state index contributed by atoms with van der Waals surface area (Å²) in [4.78, 5) is 33.9. The van der Waals surface area contributed by atoms with Gasteiger partial charge < -0.3 is 25.8 Å². The summed E-state index contributed by atoms with van der Waals surface area (Å²) in [7, 11) is 4.02. The van der Waals surface area contributed by atoms with Crippen molar-refractivity contribution in [2.75, 3.05) is 43.4 Å². The normalized spacial score (nSPS) is 20.9. The Balaban J connectivity index is 1.29. The fraction of sp³-hybridized carbons (Fsp3) is 0.541. The molecule has 0 radical (unpaired) electrons. The Bertz CT molecular complexity index is 1550. The Labute approximate surface area is 274 Å². The van der Waals surface area contributed by atoms with Crippen LogP contribution in [0.3, 0.4) is 0 Å². The quantitative estimate of drug-likeness (QED) is 0.348. The third-order valence-electron chi connectivity index (χ3n) is 9.97. The fourth-order valence-corrected chi connectivity index (χ4v) is 6.73. The number of hydrogen-bond acceptors (Lipinski definition) is 6. The zero-order chi connectivity index (χ0) is 32.6. The zero-order valence-electron chi connectivity index (χ0n) is 28.3. The van der Waals surface area contributed by atoms with Crippen LogP contribution in [-0.2, 0) is 23.8 Å². The molecule has 2 aliphatic carbocycles. The number of rotatable bonds is 8. The highest BCUT2D eigenvalue weighted by atomic mass is 16.2. The summed E-state index contributed by atoms with van der Waals surface area (Å²) in [6.07, 6.45) is 5.57. The van der Waals surface area contributed by atoms with E-state index in [1.807, 2.05) is 18.0 Å². The lowest BCUT2D eigenvalue weighted by atomic mass is 9.90. The van der Waals surface area contributed by atoms with Gasteiger partial charge in [-0.1, -0.05) is 45.0 Å². The molecule has 3 aromatic rings. The molecule has 0 bridgehead atoms. The van der Waals surface area contributed by atoms with Crippen LogP contribution in [-0.4, -0.2) is 76.7 Å². The molecule has 0 unspecified atom stereocenters. The van der Waals surface area contributed by atoms with Crippen LogP contribution in [0.4, 0.5) is 11.4 Å². The predicted octanol–water partition coefficient (Wildman–Crippen LogP) is 5.40. The molecule has 0 atom stereocenters. The van der Waals surface area contributed by atoms with E-state index in [4.69, 9.17) is 10.8 Å². The SMILES string of the molecule is CN1CCN(c2ccc(-c3cccc(CN(C(=O)c4cc(C(C)(C)C)nn4C)C4CCC(N)CC4)c3)cc2NC(=O)C2CC2)CC1. The number of benzene rings is 2. The molecule has 9 heteroatoms. The molecule has 2 saturated carbocycles. The van der Waals surface area contributed by atoms with Crippen LogP contribution < -0.4 is 16.0 Å². The molecular weight excluding hydrogens is 574 g/mol. The van der Waals surface area contributed by atoms with E-state index in [0.717, 1.165) is 98.5 Å². The average Bonchev–Trinajstić information content (AvgIpc) is 3.81. The largest absolute Gasteiger partial charge is 0.367 e. The van der Waals surface area contributed by atoms with Gasteiger partial charge in [-0.05, 0) is 86.5 Å². The van der Waals surface area contributed by atoms with E-state index in [-0.39, 0.29) is 35.2 Å². The highest BCUT2D eigenvalue weighted by molar-refractivity contribution is 5.98. The van der Waals surface area contributed by atoms with E-state index in [1.165, 1.54) is 0 Å². The monoisotopic (exact) mass is 625 g/mol. The number of hydrogen-bond donors (Lipinski definition) is 2. The van der Waals surface area contributed by atoms with Crippen molar-refractivity contribution >= 4 is 23.2 Å². The lowest BCUT2D eigenvalue weighted by molar-refractivity contribution is -0.117. The Hall–Kier alpha value is -3.69. The van der Waals surface area contributed by atoms with Crippen LogP contribution in [0.5, 0.6) is 0 Å². The van der Waals surface area contributed by atoms with Gasteiger partial charge in [0.2, 0.25) is 5.91 Å². The molecule has 9 nitrogen and oxygen atoms in total. The van der Waals surface area contributed by atoms with E-state index < -0.39 is 0 Å². The molecule has 246 valence electrons. The van der Waals surface area contributed by atoms with Gasteiger partial charge >= 0.3 is 0 Å². The summed E-state index contributed by atoms with van der Waals surface area (Å²) in [5.74, 6) is 0.259. The number of carbonyl (C=O) groups excluding carboxylic acids is 2. The third kappa shape index (κ3) is 7.31. The van der Waals surface area contributed by atoms with Crippen LogP contribution in [0, 0.1) is 5.92 Å². The first-order valence-electron chi connectivity index (χ1n) is 17.0. The van der Waals surface area contributed by atoms with Crippen molar-refractivity contribution < 1.29 is 9.59 Å². The fourth-order valence-electron chi connectivity index (χ4n) is 6.73. The second-order valence-electron chi connectivity index (χ2n) is 14.8. The second kappa shape index (κ2) is 13.2. The number of piperazine rings is 1. The Morgan fingerprint density at radius 1 is 0.913 bits per heavy atom. The molecule has 6 rings (SSSR count). The van der Waals surface area contributed by atoms with Crippen LogP contribution in [0.15, 0.2) is 48.5 Å². The minimum atomic E-state index is -0.149. The molecule has 3 N–H and O–H groups in total. The number of nitrogens with two attached hydrogens (primary N) is 1. The van der Waals surface area contributed by atoms with Crippen LogP contribution in [0.2, 0.25) is 0 Å². The smallest absolute Gasteiger partial charge is 0.272 e. The molecule has 1 aliphatic heterocycles. The van der Waals surface area contributed by atoms with E-state index >= 15 is 0 Å². The minimum absolute atomic E-state index is 0.0120. The molecule has 2 aromatic carbocycles. The topological polar surface area (TPSA) is 99.7 Å². The first-order valence-corrected chi connectivity index (χ1v) is 17.0. The number of likely N-dealkylation sites (N-methyl/N-ethyl adjacent to an activating group) is 1. The van der Waals surface area contributed by atoms with Gasteiger partial charge in [-0.3, -0.25) is 14.3 Å². The number of aromatic nitrogens is 2. The molecule has 3 fully saturated rings. The number of carbonyl (C=O) groups is 2. The molecule has 2 heterocycles. The van der Waals surface area contributed by atoms with Gasteiger partial charge in [0, 0.05) is 63.2 Å². The molecule has 3 aliphatic rings. The number of nitrogens with zero attached hydrogens (tertiary/aromatic N) is 5. The standard InChI is InChI=1S/C37H51N7O2/c1-37(2,3)34-23-33(42(5)40-34)36(46)44(30-14-12-29(38)13-15-30)24-25-7-6-8-27(21-25)28-11-16-32(43-19-17-41(4)18-20-43)31(22-28)39-35(45)26-9-10-26/h6-8,11,16,21-23,26,29-30H,9-10,12-15,17-20,24,38H2,1-5H3,(H,39,45). The lowest BCUT2D eigenvalue weighted by Crippen LogP contribution is -2.44. The van der Waals surface area contributed by atoms with Crippen LogP contribution >= 0.6 is 0 Å². The minimum Gasteiger partial charge on any atom is -0.367 e. The molecule has 0 spiro atoms. The summed E-state index contributed by atoms with van der Waals surface area (Å²) in [5.41, 5.74) is 12.8. The molecule has 1 aromatic heterocycles. The van der Waals surface area contributed by atoms with Crippen molar-refractivity contribution in [3.05, 3.63) is 65.5 Å². The van der Waals surface area contributed by atoms with Gasteiger partial charge in [-0.15, -0.1) is 0 Å². The van der Waals surface area contributed by atoms with Crippen molar-refractivity contribution in [3.8, 4) is 11.1 Å². The van der Waals surface area contributed by atoms with Crippen molar-refractivity contribution in [3.63, 3.8) is 0 Å². The third-order valence-corrected chi connectivity index (χ3v) is 9.97. The summed E-state index contributed by atoms with van der Waals surface area (Å²) in [6, 6.07) is 17.2. The van der Waals surface area contributed by atoms with Crippen LogP contribution in [0.1, 0.15) is 81.0 Å². The number of anilines is 2. The summed E-state index contributed by atoms with van der Waals surface area (Å²) in [6.45, 7) is 10.7. The van der Waals surface area contributed by atoms with E-state index in [9.17, 15) is 9.59 Å². The predicted molar refractivity (Wildman–Crippen MR) is 185 cm³/mol. The Morgan fingerprint density at radius 3 is 2.26 bits per heavy atom. The maximum Gasteiger partial charge on any atom is 0.272 e. The highest BCUT2D eigenvalue weighted by Gasteiger charge is 2.32. The van der Waals surface area contributed by atoms with Crippen molar-refractivity contribution in [2.45, 2.75) is 83.3 Å². The van der Waals surface area contributed by atoms with E-state index in [1.54, 1.807) is 4.68 Å². The van der Waals surface area contributed by atoms with Gasteiger partial charge in [0.15, 0.2) is 0 Å². The van der Waals surface area contributed by atoms with E-state index in [2.05, 4.69) is 85.4 Å². The van der Waals surface area contributed by atoms with Gasteiger partial charge in [-0.2, -0.15) is 5.10 Å². The lowest BCUT2D eigenvalue weighted by Gasteiger charge is -2.36. The van der Waals surface area contributed by atoms with Crippen molar-refractivity contribution in [2.24, 2.45) is 18.7 Å². The van der Waals surface area contributed by atoms with E-state index in [0.29, 0.717) is 12.2 Å². The van der Waals surface area contributed by atoms with Gasteiger partial charge in [0.25, 0.3) is 5.91 Å². The highest BCUT2D eigenvalue weighted by Crippen LogP contribution is 2.36. The van der Waals surface area contributed by atoms with Gasteiger partial charge in [0.05, 0.1) is 17.1 Å². The van der Waals surface area contributed by atoms with Crippen molar-refractivity contribution in [1.82, 2.24) is 19.6 Å². The summed E-state index contributed by atoms with van der Waals surface area (Å²) >= 11 is 0. The number of nitrogens with one attached hydrogen (secondary N) is 1. The Morgan fingerprint density at radius 2 is 1.61 bits per heavy atom. The Kier molecular flexibility index (Phi) is 9.26. The molecule has 2 amide bonds. The maximum absolute atomic E-state index is 14.2. The summed E-state index contributed by atoms with van der Waals surface area (Å²) in [5, 5.41) is 7.97. The number of aryl methyl sites for hydroxylation is 1. The first-order chi connectivity index (χ1) is 22.0. The van der Waals surface area contributed by atoms with Gasteiger partial charge in [0.1, 0.15) is 5.69 Å². The summed E-state index contributed by atoms with van der Waals surface area (Å²) < 4.78 is 1.74. The number of amides is 2. The average molecular weight is 626 g/mol.